The van der Waals surface area contributed by atoms with Gasteiger partial charge < -0.3 is 5.32 Å². The molecule has 0 spiro atoms. The molecule has 0 unspecified atom stereocenters. The van der Waals surface area contributed by atoms with Gasteiger partial charge in [-0.25, -0.2) is 9.97 Å². The van der Waals surface area contributed by atoms with Crippen molar-refractivity contribution in [2.24, 2.45) is 0 Å². The Balaban J connectivity index is 2.54. The van der Waals surface area contributed by atoms with E-state index in [1.54, 1.807) is 11.3 Å². The van der Waals surface area contributed by atoms with Gasteiger partial charge in [-0.05, 0) is 64.9 Å². The maximum absolute atomic E-state index is 4.69. The van der Waals surface area contributed by atoms with Crippen molar-refractivity contribution in [1.82, 2.24) is 9.97 Å². The van der Waals surface area contributed by atoms with Gasteiger partial charge in [-0.3, -0.25) is 0 Å². The number of thiophene rings is 1. The molecule has 0 aliphatic heterocycles. The van der Waals surface area contributed by atoms with Crippen LogP contribution in [0.4, 0.5) is 5.82 Å². The monoisotopic (exact) mass is 451 g/mol. The summed E-state index contributed by atoms with van der Waals surface area (Å²) in [5.74, 6) is 1.75. The fourth-order valence-electron chi connectivity index (χ4n) is 1.69. The minimum Gasteiger partial charge on any atom is -0.369 e. The lowest BCUT2D eigenvalue weighted by molar-refractivity contribution is 0.985. The summed E-state index contributed by atoms with van der Waals surface area (Å²) in [4.78, 5) is 11.7. The highest BCUT2D eigenvalue weighted by Crippen LogP contribution is 2.33. The average molecular weight is 452 g/mol. The molecule has 0 aromatic carbocycles. The second kappa shape index (κ2) is 6.49. The third-order valence-corrected chi connectivity index (χ3v) is 5.94. The van der Waals surface area contributed by atoms with Crippen LogP contribution in [-0.4, -0.2) is 16.5 Å². The standard InChI is InChI=1S/C13H15BrIN3S/c1-4-9-11(15)13(16-5-2)18-12(17-9)10-6-8(14)7(3)19-10/h6H,4-5H2,1-3H3,(H,16,17,18). The van der Waals surface area contributed by atoms with Gasteiger partial charge in [0.05, 0.1) is 14.1 Å². The topological polar surface area (TPSA) is 37.8 Å². The fourth-order valence-corrected chi connectivity index (χ4v) is 3.97. The quantitative estimate of drug-likeness (QED) is 0.673. The van der Waals surface area contributed by atoms with E-state index in [-0.39, 0.29) is 0 Å². The number of aromatic nitrogens is 2. The molecule has 0 radical (unpaired) electrons. The molecule has 0 fully saturated rings. The Kier molecular flexibility index (Phi) is 5.19. The van der Waals surface area contributed by atoms with Gasteiger partial charge in [0.25, 0.3) is 0 Å². The smallest absolute Gasteiger partial charge is 0.171 e. The number of nitrogens with one attached hydrogen (secondary N) is 1. The van der Waals surface area contributed by atoms with Crippen LogP contribution in [0.3, 0.4) is 0 Å². The van der Waals surface area contributed by atoms with Gasteiger partial charge in [0.1, 0.15) is 5.82 Å². The molecule has 2 aromatic heterocycles. The third-order valence-electron chi connectivity index (χ3n) is 2.68. The van der Waals surface area contributed by atoms with Crippen molar-refractivity contribution in [2.75, 3.05) is 11.9 Å². The van der Waals surface area contributed by atoms with Crippen molar-refractivity contribution < 1.29 is 0 Å². The van der Waals surface area contributed by atoms with Crippen LogP contribution in [0.1, 0.15) is 24.4 Å². The van der Waals surface area contributed by atoms with Gasteiger partial charge >= 0.3 is 0 Å². The van der Waals surface area contributed by atoms with Crippen LogP contribution < -0.4 is 5.32 Å². The molecule has 0 atom stereocenters. The summed E-state index contributed by atoms with van der Waals surface area (Å²) in [6.45, 7) is 7.16. The van der Waals surface area contributed by atoms with Gasteiger partial charge in [-0.15, -0.1) is 11.3 Å². The average Bonchev–Trinajstić information content (AvgIpc) is 2.72. The van der Waals surface area contributed by atoms with Gasteiger partial charge in [0.15, 0.2) is 5.82 Å². The molecular formula is C13H15BrIN3S. The largest absolute Gasteiger partial charge is 0.369 e. The number of halogens is 2. The van der Waals surface area contributed by atoms with Gasteiger partial charge in [0.2, 0.25) is 0 Å². The molecule has 0 saturated carbocycles. The van der Waals surface area contributed by atoms with Crippen LogP contribution in [0, 0.1) is 10.5 Å². The number of anilines is 1. The molecule has 102 valence electrons. The molecule has 3 nitrogen and oxygen atoms in total. The van der Waals surface area contributed by atoms with Crippen molar-refractivity contribution in [3.63, 3.8) is 0 Å². The maximum Gasteiger partial charge on any atom is 0.171 e. The molecule has 2 rings (SSSR count). The molecule has 0 aliphatic carbocycles. The zero-order chi connectivity index (χ0) is 14.0. The molecule has 2 aromatic rings. The summed E-state index contributed by atoms with van der Waals surface area (Å²) < 4.78 is 2.25. The Bertz CT molecular complexity index is 578. The van der Waals surface area contributed by atoms with E-state index in [9.17, 15) is 0 Å². The number of aryl methyl sites for hydroxylation is 2. The first-order valence-electron chi connectivity index (χ1n) is 6.13. The van der Waals surface area contributed by atoms with Crippen molar-refractivity contribution in [3.8, 4) is 10.7 Å². The summed E-state index contributed by atoms with van der Waals surface area (Å²) in [7, 11) is 0. The first-order chi connectivity index (χ1) is 9.06. The van der Waals surface area contributed by atoms with Crippen molar-refractivity contribution in [1.29, 1.82) is 0 Å². The van der Waals surface area contributed by atoms with E-state index in [0.29, 0.717) is 0 Å². The summed E-state index contributed by atoms with van der Waals surface area (Å²) in [6, 6.07) is 2.09. The second-order valence-corrected chi connectivity index (χ2v) is 7.24. The van der Waals surface area contributed by atoms with Crippen molar-refractivity contribution >= 4 is 55.7 Å². The maximum atomic E-state index is 4.69. The Labute approximate surface area is 139 Å². The predicted molar refractivity (Wildman–Crippen MR) is 94.0 cm³/mol. The minimum atomic E-state index is 0.812. The highest BCUT2D eigenvalue weighted by molar-refractivity contribution is 14.1. The zero-order valence-electron chi connectivity index (χ0n) is 11.1. The molecule has 0 aliphatic rings. The SMILES string of the molecule is CCNc1nc(-c2cc(Br)c(C)s2)nc(CC)c1I. The highest BCUT2D eigenvalue weighted by atomic mass is 127. The molecule has 0 amide bonds. The second-order valence-electron chi connectivity index (χ2n) is 4.06. The number of hydrogen-bond acceptors (Lipinski definition) is 4. The summed E-state index contributed by atoms with van der Waals surface area (Å²) in [5, 5.41) is 3.32. The van der Waals surface area contributed by atoms with Crippen LogP contribution in [0.15, 0.2) is 10.5 Å². The third kappa shape index (κ3) is 3.28. The van der Waals surface area contributed by atoms with Crippen molar-refractivity contribution in [2.45, 2.75) is 27.2 Å². The van der Waals surface area contributed by atoms with E-state index in [2.05, 4.69) is 80.6 Å². The Hall–Kier alpha value is -0.210. The molecule has 6 heteroatoms. The first-order valence-corrected chi connectivity index (χ1v) is 8.82. The lowest BCUT2D eigenvalue weighted by Gasteiger charge is -2.10. The fraction of sp³-hybridized carbons (Fsp3) is 0.385. The molecule has 2 heterocycles. The van der Waals surface area contributed by atoms with E-state index in [4.69, 9.17) is 0 Å². The summed E-state index contributed by atoms with van der Waals surface area (Å²) in [5.41, 5.74) is 1.10. The molecule has 19 heavy (non-hydrogen) atoms. The first kappa shape index (κ1) is 15.2. The van der Waals surface area contributed by atoms with Crippen LogP contribution in [-0.2, 0) is 6.42 Å². The van der Waals surface area contributed by atoms with Crippen LogP contribution in [0.5, 0.6) is 0 Å². The Morgan fingerprint density at radius 2 is 2.11 bits per heavy atom. The molecule has 0 saturated heterocycles. The van der Waals surface area contributed by atoms with E-state index < -0.39 is 0 Å². The minimum absolute atomic E-state index is 0.812. The molecule has 0 bridgehead atoms. The lowest BCUT2D eigenvalue weighted by Crippen LogP contribution is -2.07. The van der Waals surface area contributed by atoms with Gasteiger partial charge in [-0.1, -0.05) is 6.92 Å². The van der Waals surface area contributed by atoms with Crippen LogP contribution >= 0.6 is 49.9 Å². The van der Waals surface area contributed by atoms with Crippen LogP contribution in [0.25, 0.3) is 10.7 Å². The summed E-state index contributed by atoms with van der Waals surface area (Å²) >= 11 is 7.59. The normalized spacial score (nSPS) is 10.8. The Morgan fingerprint density at radius 1 is 1.37 bits per heavy atom. The summed E-state index contributed by atoms with van der Waals surface area (Å²) in [6.07, 6.45) is 0.914. The number of hydrogen-bond donors (Lipinski definition) is 1. The van der Waals surface area contributed by atoms with E-state index in [1.807, 2.05) is 0 Å². The molecule has 1 N–H and O–H groups in total. The number of rotatable bonds is 4. The number of nitrogens with zero attached hydrogens (tertiary/aromatic N) is 2. The highest BCUT2D eigenvalue weighted by Gasteiger charge is 2.14. The Morgan fingerprint density at radius 3 is 2.63 bits per heavy atom. The van der Waals surface area contributed by atoms with E-state index in [0.717, 1.165) is 43.2 Å². The predicted octanol–water partition coefficient (Wildman–Crippen LogP) is 4.87. The van der Waals surface area contributed by atoms with Crippen molar-refractivity contribution in [3.05, 3.63) is 24.7 Å². The van der Waals surface area contributed by atoms with Gasteiger partial charge in [-0.2, -0.15) is 0 Å². The lowest BCUT2D eigenvalue weighted by atomic mass is 10.3. The molecular weight excluding hydrogens is 437 g/mol. The van der Waals surface area contributed by atoms with Gasteiger partial charge in [0, 0.05) is 15.9 Å². The van der Waals surface area contributed by atoms with Crippen LogP contribution in [0.2, 0.25) is 0 Å². The van der Waals surface area contributed by atoms with E-state index >= 15 is 0 Å². The zero-order valence-corrected chi connectivity index (χ0v) is 15.6. The van der Waals surface area contributed by atoms with E-state index in [1.165, 1.54) is 4.88 Å².